The van der Waals surface area contributed by atoms with Crippen LogP contribution in [0.3, 0.4) is 0 Å². The number of hydrogen-bond donors (Lipinski definition) is 1. The molecule has 1 aliphatic heterocycles. The standard InChI is InChI=1S/C12H17ClN2O5S2/c1-20-12(17)11-9(8-10(13)21-11)22(18,19)15-4-2-14(3-5-15)6-7-16/h8,16H,2-7H2,1H3. The zero-order valence-corrected chi connectivity index (χ0v) is 14.4. The topological polar surface area (TPSA) is 87.2 Å². The van der Waals surface area contributed by atoms with Crippen molar-refractivity contribution in [3.05, 3.63) is 15.3 Å². The highest BCUT2D eigenvalue weighted by Crippen LogP contribution is 2.32. The first-order valence-corrected chi connectivity index (χ1v) is 9.24. The molecule has 1 saturated heterocycles. The molecule has 7 nitrogen and oxygen atoms in total. The van der Waals surface area contributed by atoms with Crippen LogP contribution in [0, 0.1) is 0 Å². The summed E-state index contributed by atoms with van der Waals surface area (Å²) in [5.74, 6) is -0.714. The van der Waals surface area contributed by atoms with Gasteiger partial charge in [-0.05, 0) is 6.07 Å². The molecular weight excluding hydrogens is 352 g/mol. The van der Waals surface area contributed by atoms with Crippen LogP contribution in [-0.2, 0) is 14.8 Å². The van der Waals surface area contributed by atoms with E-state index in [4.69, 9.17) is 16.7 Å². The van der Waals surface area contributed by atoms with Crippen LogP contribution in [0.25, 0.3) is 0 Å². The van der Waals surface area contributed by atoms with Gasteiger partial charge in [-0.3, -0.25) is 4.90 Å². The molecule has 0 spiro atoms. The number of methoxy groups -OCH3 is 1. The van der Waals surface area contributed by atoms with Gasteiger partial charge in [0.25, 0.3) is 0 Å². The van der Waals surface area contributed by atoms with E-state index in [1.54, 1.807) is 0 Å². The number of ether oxygens (including phenoxy) is 1. The molecule has 0 unspecified atom stereocenters. The fraction of sp³-hybridized carbons (Fsp3) is 0.583. The largest absolute Gasteiger partial charge is 0.465 e. The van der Waals surface area contributed by atoms with Gasteiger partial charge in [0.1, 0.15) is 9.77 Å². The van der Waals surface area contributed by atoms with Crippen LogP contribution < -0.4 is 0 Å². The second kappa shape index (κ2) is 7.24. The SMILES string of the molecule is COC(=O)c1sc(Cl)cc1S(=O)(=O)N1CCN(CCO)CC1. The van der Waals surface area contributed by atoms with Gasteiger partial charge in [-0.2, -0.15) is 4.31 Å². The highest BCUT2D eigenvalue weighted by molar-refractivity contribution is 7.89. The number of sulfonamides is 1. The molecule has 1 fully saturated rings. The highest BCUT2D eigenvalue weighted by atomic mass is 35.5. The fourth-order valence-electron chi connectivity index (χ4n) is 2.25. The molecule has 0 saturated carbocycles. The number of nitrogens with zero attached hydrogens (tertiary/aromatic N) is 2. The summed E-state index contributed by atoms with van der Waals surface area (Å²) in [5.41, 5.74) is 0. The number of β-amino-alcohol motifs (C(OH)–C–C–N with tert-alkyl or cyclic N) is 1. The molecule has 22 heavy (non-hydrogen) atoms. The van der Waals surface area contributed by atoms with Crippen molar-refractivity contribution in [1.29, 1.82) is 0 Å². The monoisotopic (exact) mass is 368 g/mol. The number of carbonyl (C=O) groups excluding carboxylic acids is 1. The number of piperazine rings is 1. The molecule has 0 radical (unpaired) electrons. The minimum absolute atomic E-state index is 0.00899. The normalized spacial score (nSPS) is 17.6. The molecule has 1 aromatic heterocycles. The summed E-state index contributed by atoms with van der Waals surface area (Å²) >= 11 is 6.76. The average Bonchev–Trinajstić information content (AvgIpc) is 2.90. The van der Waals surface area contributed by atoms with Crippen molar-refractivity contribution < 1.29 is 23.1 Å². The van der Waals surface area contributed by atoms with Gasteiger partial charge in [-0.1, -0.05) is 11.6 Å². The Hall–Kier alpha value is -0.710. The third kappa shape index (κ3) is 3.61. The Bertz CT molecular complexity index is 638. The van der Waals surface area contributed by atoms with E-state index in [1.807, 2.05) is 4.90 Å². The number of hydrogen-bond acceptors (Lipinski definition) is 7. The van der Waals surface area contributed by atoms with Gasteiger partial charge in [0.05, 0.1) is 18.1 Å². The Labute approximate surface area is 138 Å². The molecule has 0 bridgehead atoms. The summed E-state index contributed by atoms with van der Waals surface area (Å²) in [5, 5.41) is 8.91. The summed E-state index contributed by atoms with van der Waals surface area (Å²) in [6, 6.07) is 1.29. The van der Waals surface area contributed by atoms with Crippen molar-refractivity contribution in [3.8, 4) is 0 Å². The Kier molecular flexibility index (Phi) is 5.81. The molecule has 0 atom stereocenters. The Balaban J connectivity index is 2.23. The van der Waals surface area contributed by atoms with Crippen molar-refractivity contribution in [2.45, 2.75) is 4.90 Å². The van der Waals surface area contributed by atoms with Crippen LogP contribution in [0.4, 0.5) is 0 Å². The second-order valence-corrected chi connectivity index (χ2v) is 8.29. The molecule has 2 heterocycles. The lowest BCUT2D eigenvalue weighted by molar-refractivity contribution is 0.0602. The fourth-order valence-corrected chi connectivity index (χ4v) is 5.37. The van der Waals surface area contributed by atoms with Crippen molar-refractivity contribution >= 4 is 38.9 Å². The van der Waals surface area contributed by atoms with Crippen LogP contribution in [-0.4, -0.2) is 75.1 Å². The second-order valence-electron chi connectivity index (χ2n) is 4.70. The van der Waals surface area contributed by atoms with E-state index in [0.717, 1.165) is 11.3 Å². The number of aliphatic hydroxyl groups excluding tert-OH is 1. The number of thiophene rings is 1. The highest BCUT2D eigenvalue weighted by Gasteiger charge is 2.33. The molecule has 10 heteroatoms. The first-order chi connectivity index (χ1) is 10.4. The predicted octanol–water partition coefficient (Wildman–Crippen LogP) is 0.487. The summed E-state index contributed by atoms with van der Waals surface area (Å²) in [6.45, 7) is 2.23. The number of halogens is 1. The summed E-state index contributed by atoms with van der Waals surface area (Å²) in [4.78, 5) is 13.6. The predicted molar refractivity (Wildman–Crippen MR) is 83.0 cm³/mol. The van der Waals surface area contributed by atoms with Crippen molar-refractivity contribution in [2.75, 3.05) is 46.4 Å². The summed E-state index contributed by atoms with van der Waals surface area (Å²) in [7, 11) is -2.60. The minimum Gasteiger partial charge on any atom is -0.465 e. The van der Waals surface area contributed by atoms with E-state index in [0.29, 0.717) is 32.7 Å². The first-order valence-electron chi connectivity index (χ1n) is 6.61. The van der Waals surface area contributed by atoms with Gasteiger partial charge < -0.3 is 9.84 Å². The zero-order chi connectivity index (χ0) is 16.3. The lowest BCUT2D eigenvalue weighted by atomic mass is 10.4. The average molecular weight is 369 g/mol. The summed E-state index contributed by atoms with van der Waals surface area (Å²) in [6.07, 6.45) is 0. The van der Waals surface area contributed by atoms with Gasteiger partial charge >= 0.3 is 5.97 Å². The number of esters is 1. The van der Waals surface area contributed by atoms with Crippen LogP contribution >= 0.6 is 22.9 Å². The van der Waals surface area contributed by atoms with Crippen LogP contribution in [0.2, 0.25) is 4.34 Å². The molecule has 0 amide bonds. The molecular formula is C12H17ClN2O5S2. The van der Waals surface area contributed by atoms with Gasteiger partial charge in [-0.25, -0.2) is 13.2 Å². The Morgan fingerprint density at radius 1 is 1.41 bits per heavy atom. The summed E-state index contributed by atoms with van der Waals surface area (Å²) < 4.78 is 31.6. The zero-order valence-electron chi connectivity index (χ0n) is 12.0. The van der Waals surface area contributed by atoms with E-state index in [9.17, 15) is 13.2 Å². The minimum atomic E-state index is -3.80. The van der Waals surface area contributed by atoms with E-state index < -0.39 is 16.0 Å². The number of rotatable bonds is 5. The van der Waals surface area contributed by atoms with Crippen LogP contribution in [0.15, 0.2) is 11.0 Å². The van der Waals surface area contributed by atoms with E-state index in [2.05, 4.69) is 4.74 Å². The quantitative estimate of drug-likeness (QED) is 0.761. The lowest BCUT2D eigenvalue weighted by Crippen LogP contribution is -2.49. The maximum absolute atomic E-state index is 12.7. The van der Waals surface area contributed by atoms with Gasteiger partial charge in [0, 0.05) is 32.7 Å². The molecule has 124 valence electrons. The molecule has 1 N–H and O–H groups in total. The van der Waals surface area contributed by atoms with Gasteiger partial charge in [-0.15, -0.1) is 11.3 Å². The van der Waals surface area contributed by atoms with Gasteiger partial charge in [0.15, 0.2) is 0 Å². The van der Waals surface area contributed by atoms with Crippen LogP contribution in [0.5, 0.6) is 0 Å². The van der Waals surface area contributed by atoms with E-state index >= 15 is 0 Å². The van der Waals surface area contributed by atoms with Crippen LogP contribution in [0.1, 0.15) is 9.67 Å². The van der Waals surface area contributed by atoms with Gasteiger partial charge in [0.2, 0.25) is 10.0 Å². The third-order valence-electron chi connectivity index (χ3n) is 3.40. The first kappa shape index (κ1) is 17.6. The van der Waals surface area contributed by atoms with E-state index in [1.165, 1.54) is 17.5 Å². The molecule has 0 aromatic carbocycles. The van der Waals surface area contributed by atoms with Crippen molar-refractivity contribution in [1.82, 2.24) is 9.21 Å². The molecule has 0 aliphatic carbocycles. The smallest absolute Gasteiger partial charge is 0.349 e. The molecule has 1 aliphatic rings. The molecule has 2 rings (SSSR count). The van der Waals surface area contributed by atoms with Crippen molar-refractivity contribution in [3.63, 3.8) is 0 Å². The number of carbonyl (C=O) groups is 1. The Morgan fingerprint density at radius 2 is 2.05 bits per heavy atom. The lowest BCUT2D eigenvalue weighted by Gasteiger charge is -2.33. The Morgan fingerprint density at radius 3 is 2.59 bits per heavy atom. The molecule has 1 aromatic rings. The number of aliphatic hydroxyl groups is 1. The van der Waals surface area contributed by atoms with E-state index in [-0.39, 0.29) is 20.7 Å². The van der Waals surface area contributed by atoms with Crippen molar-refractivity contribution in [2.24, 2.45) is 0 Å². The maximum atomic E-state index is 12.7. The maximum Gasteiger partial charge on any atom is 0.349 e. The third-order valence-corrected chi connectivity index (χ3v) is 6.70.